The summed E-state index contributed by atoms with van der Waals surface area (Å²) in [5.41, 5.74) is 5.89. The molecule has 2 aromatic heterocycles. The van der Waals surface area contributed by atoms with Crippen molar-refractivity contribution in [2.45, 2.75) is 6.42 Å². The number of carbonyl (C=O) groups excluding carboxylic acids is 2. The van der Waals surface area contributed by atoms with Crippen molar-refractivity contribution in [1.29, 1.82) is 0 Å². The molecule has 11 heteroatoms. The van der Waals surface area contributed by atoms with Crippen LogP contribution in [0.25, 0.3) is 16.2 Å². The summed E-state index contributed by atoms with van der Waals surface area (Å²) in [7, 11) is 0. The molecule has 2 amide bonds. The van der Waals surface area contributed by atoms with Crippen LogP contribution < -0.4 is 10.3 Å². The normalized spacial score (nSPS) is 15.0. The minimum atomic E-state index is -0.280. The summed E-state index contributed by atoms with van der Waals surface area (Å²) < 4.78 is 2.92. The van der Waals surface area contributed by atoms with Crippen LogP contribution in [0.1, 0.15) is 5.69 Å². The van der Waals surface area contributed by atoms with E-state index in [0.29, 0.717) is 15.9 Å². The monoisotopic (exact) mass is 559 g/mol. The summed E-state index contributed by atoms with van der Waals surface area (Å²) in [5, 5.41) is 7.11. The summed E-state index contributed by atoms with van der Waals surface area (Å²) >= 11 is 12.1. The Morgan fingerprint density at radius 1 is 1.18 bits per heavy atom. The van der Waals surface area contributed by atoms with E-state index in [1.165, 1.54) is 28.0 Å². The molecule has 1 N–H and O–H groups in total. The molecule has 0 spiro atoms. The summed E-state index contributed by atoms with van der Waals surface area (Å²) in [5.74, 6) is -0.123. The highest BCUT2D eigenvalue weighted by atomic mass is 79.9. The van der Waals surface area contributed by atoms with E-state index in [-0.39, 0.29) is 24.0 Å². The first-order valence-electron chi connectivity index (χ1n) is 9.77. The molecule has 4 aromatic rings. The van der Waals surface area contributed by atoms with Gasteiger partial charge >= 0.3 is 0 Å². The number of carbonyl (C=O) groups is 2. The Balaban J connectivity index is 1.30. The predicted molar refractivity (Wildman–Crippen MR) is 137 cm³/mol. The van der Waals surface area contributed by atoms with Gasteiger partial charge in [-0.3, -0.25) is 18.9 Å². The second-order valence-corrected chi connectivity index (χ2v) is 10.2. The van der Waals surface area contributed by atoms with Crippen LogP contribution in [-0.4, -0.2) is 32.1 Å². The zero-order valence-electron chi connectivity index (χ0n) is 16.9. The molecule has 3 heterocycles. The minimum absolute atomic E-state index is 0.103. The third-order valence-corrected chi connectivity index (χ3v) is 7.48. The van der Waals surface area contributed by atoms with Gasteiger partial charge in [0.1, 0.15) is 0 Å². The van der Waals surface area contributed by atoms with Crippen LogP contribution in [0.15, 0.2) is 69.7 Å². The molecular formula is C22H15BrClN5O2S2. The van der Waals surface area contributed by atoms with E-state index in [2.05, 4.69) is 31.4 Å². The van der Waals surface area contributed by atoms with E-state index in [4.69, 9.17) is 11.6 Å². The fraction of sp³-hybridized carbons (Fsp3) is 0.0909. The molecule has 166 valence electrons. The minimum Gasteiger partial charge on any atom is -0.294 e. The van der Waals surface area contributed by atoms with Crippen LogP contribution in [0.3, 0.4) is 0 Å². The van der Waals surface area contributed by atoms with Crippen molar-refractivity contribution in [2.24, 2.45) is 5.10 Å². The standard InChI is InChI=1S/C22H15BrClN5O2S2/c23-14-3-1-13(2-4-14)18-10-28-17(11-32-21(28)25-18)9-19(30)26-27-22-29(20(31)12-33-22)16-7-5-15(24)6-8-16/h1-8,10-11H,9,12H2,(H,26,30)/b27-22+. The number of thioether (sulfide) groups is 1. The number of nitrogens with one attached hydrogen (secondary N) is 1. The lowest BCUT2D eigenvalue weighted by atomic mass is 10.2. The van der Waals surface area contributed by atoms with Crippen molar-refractivity contribution < 1.29 is 9.59 Å². The predicted octanol–water partition coefficient (Wildman–Crippen LogP) is 5.19. The molecule has 0 radical (unpaired) electrons. The summed E-state index contributed by atoms with van der Waals surface area (Å²) in [6.45, 7) is 0. The van der Waals surface area contributed by atoms with Crippen molar-refractivity contribution >= 4 is 78.3 Å². The number of benzene rings is 2. The van der Waals surface area contributed by atoms with Gasteiger partial charge in [-0.1, -0.05) is 51.4 Å². The maximum absolute atomic E-state index is 12.6. The van der Waals surface area contributed by atoms with Gasteiger partial charge < -0.3 is 0 Å². The lowest BCUT2D eigenvalue weighted by molar-refractivity contribution is -0.120. The number of fused-ring (bicyclic) bond motifs is 1. The Labute approximate surface area is 210 Å². The molecule has 1 saturated heterocycles. The molecule has 0 saturated carbocycles. The average molecular weight is 561 g/mol. The van der Waals surface area contributed by atoms with E-state index >= 15 is 0 Å². The van der Waals surface area contributed by atoms with Gasteiger partial charge in [-0.15, -0.1) is 16.4 Å². The molecule has 2 aromatic carbocycles. The number of rotatable bonds is 5. The van der Waals surface area contributed by atoms with Crippen LogP contribution in [0, 0.1) is 0 Å². The third kappa shape index (κ3) is 4.70. The van der Waals surface area contributed by atoms with Gasteiger partial charge in [0.05, 0.1) is 23.6 Å². The van der Waals surface area contributed by atoms with Gasteiger partial charge in [-0.25, -0.2) is 10.4 Å². The molecule has 0 atom stereocenters. The Kier molecular flexibility index (Phi) is 6.24. The van der Waals surface area contributed by atoms with Crippen LogP contribution in [0.2, 0.25) is 5.02 Å². The number of imidazole rings is 1. The Hall–Kier alpha value is -2.66. The number of anilines is 1. The summed E-state index contributed by atoms with van der Waals surface area (Å²) in [6.07, 6.45) is 2.06. The van der Waals surface area contributed by atoms with Crippen molar-refractivity contribution in [2.75, 3.05) is 10.7 Å². The fourth-order valence-corrected chi connectivity index (χ4v) is 5.41. The first-order chi connectivity index (χ1) is 16.0. The molecule has 5 rings (SSSR count). The second kappa shape index (κ2) is 9.30. The topological polar surface area (TPSA) is 79.1 Å². The van der Waals surface area contributed by atoms with Gasteiger partial charge in [0, 0.05) is 32.3 Å². The number of hydrogen-bond donors (Lipinski definition) is 1. The zero-order chi connectivity index (χ0) is 22.9. The lowest BCUT2D eigenvalue weighted by Gasteiger charge is -2.15. The zero-order valence-corrected chi connectivity index (χ0v) is 20.8. The van der Waals surface area contributed by atoms with Crippen LogP contribution in [0.4, 0.5) is 5.69 Å². The molecule has 1 aliphatic rings. The lowest BCUT2D eigenvalue weighted by Crippen LogP contribution is -2.31. The quantitative estimate of drug-likeness (QED) is 0.341. The summed E-state index contributed by atoms with van der Waals surface area (Å²) in [6, 6.07) is 14.8. The number of amidine groups is 1. The number of amides is 2. The Morgan fingerprint density at radius 2 is 1.94 bits per heavy atom. The largest absolute Gasteiger partial charge is 0.294 e. The highest BCUT2D eigenvalue weighted by Crippen LogP contribution is 2.28. The molecule has 0 bridgehead atoms. The van der Waals surface area contributed by atoms with E-state index in [9.17, 15) is 9.59 Å². The van der Waals surface area contributed by atoms with Crippen molar-refractivity contribution in [3.63, 3.8) is 0 Å². The van der Waals surface area contributed by atoms with E-state index in [0.717, 1.165) is 26.4 Å². The number of aromatic nitrogens is 2. The fourth-order valence-electron chi connectivity index (χ4n) is 3.32. The highest BCUT2D eigenvalue weighted by molar-refractivity contribution is 9.10. The Bertz CT molecular complexity index is 1380. The van der Waals surface area contributed by atoms with Gasteiger partial charge in [-0.2, -0.15) is 0 Å². The van der Waals surface area contributed by atoms with Crippen molar-refractivity contribution in [3.05, 3.63) is 75.3 Å². The van der Waals surface area contributed by atoms with E-state index in [1.807, 2.05) is 40.2 Å². The molecule has 0 aliphatic carbocycles. The van der Waals surface area contributed by atoms with Crippen molar-refractivity contribution in [1.82, 2.24) is 14.8 Å². The summed E-state index contributed by atoms with van der Waals surface area (Å²) in [4.78, 5) is 31.9. The molecule has 1 aliphatic heterocycles. The molecule has 1 fully saturated rings. The molecule has 33 heavy (non-hydrogen) atoms. The molecular weight excluding hydrogens is 546 g/mol. The average Bonchev–Trinajstić information content (AvgIpc) is 3.49. The van der Waals surface area contributed by atoms with Crippen molar-refractivity contribution in [3.8, 4) is 11.3 Å². The number of hydrogen-bond acceptors (Lipinski definition) is 6. The van der Waals surface area contributed by atoms with Gasteiger partial charge in [-0.05, 0) is 36.4 Å². The molecule has 7 nitrogen and oxygen atoms in total. The van der Waals surface area contributed by atoms with E-state index < -0.39 is 0 Å². The van der Waals surface area contributed by atoms with Gasteiger partial charge in [0.2, 0.25) is 11.8 Å². The van der Waals surface area contributed by atoms with Crippen LogP contribution >= 0.6 is 50.6 Å². The SMILES string of the molecule is O=C(Cc1csc2nc(-c3ccc(Br)cc3)cn12)N/N=C1/SCC(=O)N1c1ccc(Cl)cc1. The van der Waals surface area contributed by atoms with E-state index in [1.54, 1.807) is 24.3 Å². The second-order valence-electron chi connectivity index (χ2n) is 7.11. The van der Waals surface area contributed by atoms with Crippen LogP contribution in [-0.2, 0) is 16.0 Å². The van der Waals surface area contributed by atoms with Gasteiger partial charge in [0.15, 0.2) is 10.1 Å². The number of nitrogens with zero attached hydrogens (tertiary/aromatic N) is 4. The Morgan fingerprint density at radius 3 is 2.70 bits per heavy atom. The number of hydrazone groups is 1. The molecule has 0 unspecified atom stereocenters. The smallest absolute Gasteiger partial charge is 0.246 e. The van der Waals surface area contributed by atoms with Gasteiger partial charge in [0.25, 0.3) is 0 Å². The van der Waals surface area contributed by atoms with Crippen LogP contribution in [0.5, 0.6) is 0 Å². The maximum atomic E-state index is 12.6. The first-order valence-corrected chi connectivity index (χ1v) is 12.8. The maximum Gasteiger partial charge on any atom is 0.246 e. The number of halogens is 2. The highest BCUT2D eigenvalue weighted by Gasteiger charge is 2.30. The number of thiazole rings is 1. The first kappa shape index (κ1) is 22.1. The third-order valence-electron chi connectivity index (χ3n) is 4.89.